The first-order valence-electron chi connectivity index (χ1n) is 7.97. The van der Waals surface area contributed by atoms with E-state index >= 15 is 0 Å². The molecule has 0 saturated carbocycles. The summed E-state index contributed by atoms with van der Waals surface area (Å²) >= 11 is 6.04. The summed E-state index contributed by atoms with van der Waals surface area (Å²) in [5, 5.41) is 0.626. The van der Waals surface area contributed by atoms with Gasteiger partial charge in [0.2, 0.25) is 5.91 Å². The van der Waals surface area contributed by atoms with E-state index in [9.17, 15) is 9.59 Å². The van der Waals surface area contributed by atoms with Crippen molar-refractivity contribution in [2.24, 2.45) is 0 Å². The van der Waals surface area contributed by atoms with Crippen LogP contribution in [0.5, 0.6) is 5.75 Å². The molecule has 2 amide bonds. The molecule has 0 atom stereocenters. The molecule has 0 spiro atoms. The zero-order valence-electron chi connectivity index (χ0n) is 14.3. The van der Waals surface area contributed by atoms with E-state index in [0.29, 0.717) is 17.2 Å². The molecular formula is C19H21ClN2O3. The number of amides is 2. The van der Waals surface area contributed by atoms with Crippen LogP contribution in [0.2, 0.25) is 5.02 Å². The number of aryl methyl sites for hydroxylation is 3. The normalized spacial score (nSPS) is 10.2. The summed E-state index contributed by atoms with van der Waals surface area (Å²) in [4.78, 5) is 23.6. The number of hydrazine groups is 1. The second kappa shape index (κ2) is 9.08. The van der Waals surface area contributed by atoms with E-state index in [4.69, 9.17) is 16.3 Å². The predicted octanol–water partition coefficient (Wildman–Crippen LogP) is 3.12. The number of nitrogens with one attached hydrogen (secondary N) is 2. The van der Waals surface area contributed by atoms with Crippen LogP contribution >= 0.6 is 11.6 Å². The number of ether oxygens (including phenoxy) is 1. The maximum absolute atomic E-state index is 11.8. The molecular weight excluding hydrogens is 340 g/mol. The van der Waals surface area contributed by atoms with Gasteiger partial charge in [-0.25, -0.2) is 0 Å². The maximum Gasteiger partial charge on any atom is 0.276 e. The van der Waals surface area contributed by atoms with Gasteiger partial charge in [0.25, 0.3) is 5.91 Å². The Hall–Kier alpha value is -2.53. The van der Waals surface area contributed by atoms with E-state index in [2.05, 4.69) is 10.9 Å². The highest BCUT2D eigenvalue weighted by Crippen LogP contribution is 2.22. The maximum atomic E-state index is 11.8. The van der Waals surface area contributed by atoms with Crippen LogP contribution in [-0.2, 0) is 16.0 Å². The minimum Gasteiger partial charge on any atom is -0.483 e. The monoisotopic (exact) mass is 360 g/mol. The van der Waals surface area contributed by atoms with Crippen molar-refractivity contribution >= 4 is 23.4 Å². The highest BCUT2D eigenvalue weighted by atomic mass is 35.5. The van der Waals surface area contributed by atoms with Crippen molar-refractivity contribution in [2.45, 2.75) is 26.7 Å². The predicted molar refractivity (Wildman–Crippen MR) is 97.5 cm³/mol. The van der Waals surface area contributed by atoms with Gasteiger partial charge in [-0.15, -0.1) is 0 Å². The summed E-state index contributed by atoms with van der Waals surface area (Å²) in [5.41, 5.74) is 7.53. The van der Waals surface area contributed by atoms with Crippen molar-refractivity contribution in [3.05, 3.63) is 64.2 Å². The van der Waals surface area contributed by atoms with Crippen LogP contribution in [0, 0.1) is 13.8 Å². The molecule has 25 heavy (non-hydrogen) atoms. The zero-order valence-corrected chi connectivity index (χ0v) is 15.0. The van der Waals surface area contributed by atoms with Gasteiger partial charge < -0.3 is 4.74 Å². The van der Waals surface area contributed by atoms with Gasteiger partial charge in [-0.1, -0.05) is 48.0 Å². The highest BCUT2D eigenvalue weighted by molar-refractivity contribution is 6.31. The van der Waals surface area contributed by atoms with Crippen molar-refractivity contribution in [1.82, 2.24) is 10.9 Å². The van der Waals surface area contributed by atoms with Crippen molar-refractivity contribution in [2.75, 3.05) is 6.61 Å². The third-order valence-corrected chi connectivity index (χ3v) is 4.05. The van der Waals surface area contributed by atoms with Gasteiger partial charge in [0.05, 0.1) is 0 Å². The van der Waals surface area contributed by atoms with Crippen LogP contribution in [0.15, 0.2) is 42.5 Å². The molecule has 0 unspecified atom stereocenters. The fourth-order valence-electron chi connectivity index (χ4n) is 2.35. The molecule has 2 N–H and O–H groups in total. The van der Waals surface area contributed by atoms with Crippen molar-refractivity contribution in [1.29, 1.82) is 0 Å². The summed E-state index contributed by atoms with van der Waals surface area (Å²) in [5.74, 6) is -0.0308. The number of para-hydroxylation sites is 1. The molecule has 0 aromatic heterocycles. The lowest BCUT2D eigenvalue weighted by Gasteiger charge is -2.12. The van der Waals surface area contributed by atoms with E-state index in [1.54, 1.807) is 6.07 Å². The second-order valence-corrected chi connectivity index (χ2v) is 6.10. The van der Waals surface area contributed by atoms with Gasteiger partial charge in [-0.2, -0.15) is 0 Å². The van der Waals surface area contributed by atoms with Gasteiger partial charge in [0, 0.05) is 11.4 Å². The molecule has 5 nitrogen and oxygen atoms in total. The van der Waals surface area contributed by atoms with Crippen molar-refractivity contribution in [3.8, 4) is 5.75 Å². The first-order valence-corrected chi connectivity index (χ1v) is 8.35. The topological polar surface area (TPSA) is 67.4 Å². The minimum atomic E-state index is -0.422. The molecule has 2 rings (SSSR count). The van der Waals surface area contributed by atoms with E-state index in [1.165, 1.54) is 0 Å². The molecule has 6 heteroatoms. The summed E-state index contributed by atoms with van der Waals surface area (Å²) in [7, 11) is 0. The standard InChI is InChI=1S/C19H21ClN2O3/c1-13-6-5-7-14(2)19(13)25-12-18(24)22-21-17(23)11-10-15-8-3-4-9-16(15)20/h3-9H,10-12H2,1-2H3,(H,21,23)(H,22,24). The van der Waals surface area contributed by atoms with E-state index in [-0.39, 0.29) is 18.9 Å². The Morgan fingerprint density at radius 1 is 0.960 bits per heavy atom. The summed E-state index contributed by atoms with van der Waals surface area (Å²) < 4.78 is 5.53. The Bertz CT molecular complexity index is 742. The molecule has 2 aromatic carbocycles. The van der Waals surface area contributed by atoms with Crippen LogP contribution in [0.3, 0.4) is 0 Å². The quantitative estimate of drug-likeness (QED) is 0.778. The molecule has 0 fully saturated rings. The van der Waals surface area contributed by atoms with Crippen LogP contribution in [-0.4, -0.2) is 18.4 Å². The SMILES string of the molecule is Cc1cccc(C)c1OCC(=O)NNC(=O)CCc1ccccc1Cl. The van der Waals surface area contributed by atoms with Gasteiger partial charge in [0.15, 0.2) is 6.61 Å². The Morgan fingerprint density at radius 2 is 1.60 bits per heavy atom. The van der Waals surface area contributed by atoms with Gasteiger partial charge in [-0.3, -0.25) is 20.4 Å². The zero-order chi connectivity index (χ0) is 18.2. The Labute approximate surface area is 152 Å². The van der Waals surface area contributed by atoms with Crippen LogP contribution in [0.4, 0.5) is 0 Å². The van der Waals surface area contributed by atoms with E-state index in [0.717, 1.165) is 16.7 Å². The second-order valence-electron chi connectivity index (χ2n) is 5.70. The smallest absolute Gasteiger partial charge is 0.276 e. The van der Waals surface area contributed by atoms with Crippen LogP contribution in [0.1, 0.15) is 23.1 Å². The van der Waals surface area contributed by atoms with Gasteiger partial charge >= 0.3 is 0 Å². The molecule has 0 aliphatic heterocycles. The number of hydrogen-bond donors (Lipinski definition) is 2. The average molecular weight is 361 g/mol. The molecule has 0 radical (unpaired) electrons. The van der Waals surface area contributed by atoms with Crippen LogP contribution < -0.4 is 15.6 Å². The first kappa shape index (κ1) is 18.8. The van der Waals surface area contributed by atoms with Crippen molar-refractivity contribution < 1.29 is 14.3 Å². The average Bonchev–Trinajstić information content (AvgIpc) is 2.59. The Balaban J connectivity index is 1.72. The summed E-state index contributed by atoms with van der Waals surface area (Å²) in [6, 6.07) is 13.1. The first-order chi connectivity index (χ1) is 12.0. The van der Waals surface area contributed by atoms with Gasteiger partial charge in [0.1, 0.15) is 5.75 Å². The van der Waals surface area contributed by atoms with E-state index in [1.807, 2.05) is 50.2 Å². The Morgan fingerprint density at radius 3 is 2.28 bits per heavy atom. The fraction of sp³-hybridized carbons (Fsp3) is 0.263. The molecule has 0 bridgehead atoms. The molecule has 132 valence electrons. The lowest BCUT2D eigenvalue weighted by molar-refractivity contribution is -0.130. The number of halogens is 1. The summed E-state index contributed by atoms with van der Waals surface area (Å²) in [6.07, 6.45) is 0.724. The largest absolute Gasteiger partial charge is 0.483 e. The van der Waals surface area contributed by atoms with E-state index < -0.39 is 5.91 Å². The fourth-order valence-corrected chi connectivity index (χ4v) is 2.58. The lowest BCUT2D eigenvalue weighted by atomic mass is 10.1. The van der Waals surface area contributed by atoms with Crippen molar-refractivity contribution in [3.63, 3.8) is 0 Å². The third-order valence-electron chi connectivity index (χ3n) is 3.68. The minimum absolute atomic E-state index is 0.170. The number of hydrogen-bond acceptors (Lipinski definition) is 3. The Kier molecular flexibility index (Phi) is 6.83. The number of rotatable bonds is 6. The summed E-state index contributed by atoms with van der Waals surface area (Å²) in [6.45, 7) is 3.66. The highest BCUT2D eigenvalue weighted by Gasteiger charge is 2.09. The number of benzene rings is 2. The number of carbonyl (C=O) groups excluding carboxylic acids is 2. The molecule has 0 heterocycles. The number of carbonyl (C=O) groups is 2. The molecule has 0 aliphatic rings. The van der Waals surface area contributed by atoms with Gasteiger partial charge in [-0.05, 0) is 43.0 Å². The lowest BCUT2D eigenvalue weighted by Crippen LogP contribution is -2.43. The third kappa shape index (κ3) is 5.80. The molecule has 0 aliphatic carbocycles. The molecule has 2 aromatic rings. The van der Waals surface area contributed by atoms with Crippen LogP contribution in [0.25, 0.3) is 0 Å². The molecule has 0 saturated heterocycles.